The van der Waals surface area contributed by atoms with Crippen LogP contribution in [0.5, 0.6) is 0 Å². The third-order valence-corrected chi connectivity index (χ3v) is 3.18. The molecule has 2 N–H and O–H groups in total. The molecule has 0 bridgehead atoms. The van der Waals surface area contributed by atoms with E-state index in [1.54, 1.807) is 18.6 Å². The maximum Gasteiger partial charge on any atom is 0.317 e. The largest absolute Gasteiger partial charge is 0.480 e. The fourth-order valence-electron chi connectivity index (χ4n) is 1.92. The van der Waals surface area contributed by atoms with Gasteiger partial charge in [-0.15, -0.1) is 0 Å². The maximum absolute atomic E-state index is 11.2. The molecule has 2 heterocycles. The number of pyridine rings is 1. The van der Waals surface area contributed by atoms with Gasteiger partial charge in [0.15, 0.2) is 0 Å². The van der Waals surface area contributed by atoms with E-state index < -0.39 is 11.4 Å². The Labute approximate surface area is 97.5 Å². The van der Waals surface area contributed by atoms with Crippen LogP contribution in [0.4, 0.5) is 0 Å². The SMILES string of the molecule is O=C(O)C1(c2ncc(-c3ccncc3)[nH]2)CC1. The summed E-state index contributed by atoms with van der Waals surface area (Å²) >= 11 is 0. The van der Waals surface area contributed by atoms with Gasteiger partial charge >= 0.3 is 5.97 Å². The van der Waals surface area contributed by atoms with Crippen LogP contribution < -0.4 is 0 Å². The molecule has 1 fully saturated rings. The smallest absolute Gasteiger partial charge is 0.317 e. The number of nitrogens with zero attached hydrogens (tertiary/aromatic N) is 2. The lowest BCUT2D eigenvalue weighted by atomic mass is 10.1. The molecule has 1 saturated carbocycles. The van der Waals surface area contributed by atoms with E-state index in [4.69, 9.17) is 5.11 Å². The summed E-state index contributed by atoms with van der Waals surface area (Å²) in [5, 5.41) is 9.17. The van der Waals surface area contributed by atoms with Crippen molar-refractivity contribution in [1.29, 1.82) is 0 Å². The fraction of sp³-hybridized carbons (Fsp3) is 0.250. The molecule has 0 atom stereocenters. The molecule has 0 unspecified atom stereocenters. The Hall–Kier alpha value is -2.17. The highest BCUT2D eigenvalue weighted by Gasteiger charge is 2.54. The van der Waals surface area contributed by atoms with Crippen molar-refractivity contribution in [3.05, 3.63) is 36.5 Å². The van der Waals surface area contributed by atoms with Crippen molar-refractivity contribution in [2.75, 3.05) is 0 Å². The molecule has 5 nitrogen and oxygen atoms in total. The summed E-state index contributed by atoms with van der Waals surface area (Å²) in [7, 11) is 0. The second-order valence-electron chi connectivity index (χ2n) is 4.27. The van der Waals surface area contributed by atoms with Gasteiger partial charge in [0.25, 0.3) is 0 Å². The highest BCUT2D eigenvalue weighted by atomic mass is 16.4. The molecule has 1 aliphatic carbocycles. The summed E-state index contributed by atoms with van der Waals surface area (Å²) in [5.41, 5.74) is 1.01. The third-order valence-electron chi connectivity index (χ3n) is 3.18. The number of nitrogens with one attached hydrogen (secondary N) is 1. The quantitative estimate of drug-likeness (QED) is 0.837. The molecule has 2 aromatic heterocycles. The van der Waals surface area contributed by atoms with Crippen LogP contribution in [-0.2, 0) is 10.2 Å². The number of carboxylic acids is 1. The highest BCUT2D eigenvalue weighted by molar-refractivity contribution is 5.83. The molecule has 0 radical (unpaired) electrons. The number of hydrogen-bond donors (Lipinski definition) is 2. The Morgan fingerprint density at radius 3 is 2.65 bits per heavy atom. The van der Waals surface area contributed by atoms with E-state index >= 15 is 0 Å². The van der Waals surface area contributed by atoms with Gasteiger partial charge in [-0.1, -0.05) is 0 Å². The first kappa shape index (κ1) is 10.0. The minimum Gasteiger partial charge on any atom is -0.480 e. The standard InChI is InChI=1S/C12H11N3O2/c16-11(17)12(3-4-12)10-14-7-9(15-10)8-1-5-13-6-2-8/h1-2,5-7H,3-4H2,(H,14,15)(H,16,17). The van der Waals surface area contributed by atoms with Crippen LogP contribution in [0.1, 0.15) is 18.7 Å². The molecular weight excluding hydrogens is 218 g/mol. The Kier molecular flexibility index (Phi) is 2.01. The average Bonchev–Trinajstić information content (AvgIpc) is 3.02. The first-order chi connectivity index (χ1) is 8.22. The zero-order valence-corrected chi connectivity index (χ0v) is 9.05. The number of aromatic nitrogens is 3. The van der Waals surface area contributed by atoms with Crippen LogP contribution in [0.2, 0.25) is 0 Å². The zero-order valence-electron chi connectivity index (χ0n) is 9.05. The normalized spacial score (nSPS) is 16.7. The highest BCUT2D eigenvalue weighted by Crippen LogP contribution is 2.47. The summed E-state index contributed by atoms with van der Waals surface area (Å²) in [5.74, 6) is -0.245. The number of imidazole rings is 1. The van der Waals surface area contributed by atoms with Crippen LogP contribution in [-0.4, -0.2) is 26.0 Å². The number of aromatic amines is 1. The molecule has 3 rings (SSSR count). The lowest BCUT2D eigenvalue weighted by Crippen LogP contribution is -2.20. The second-order valence-corrected chi connectivity index (χ2v) is 4.27. The predicted molar refractivity (Wildman–Crippen MR) is 60.4 cm³/mol. The number of H-pyrrole nitrogens is 1. The molecule has 0 saturated heterocycles. The van der Waals surface area contributed by atoms with Gasteiger partial charge in [0.1, 0.15) is 11.2 Å². The van der Waals surface area contributed by atoms with E-state index in [9.17, 15) is 4.79 Å². The van der Waals surface area contributed by atoms with Gasteiger partial charge in [0.05, 0.1) is 11.9 Å². The number of carbonyl (C=O) groups is 1. The lowest BCUT2D eigenvalue weighted by Gasteiger charge is -2.04. The van der Waals surface area contributed by atoms with Crippen molar-refractivity contribution in [3.63, 3.8) is 0 Å². The molecule has 0 amide bonds. The Morgan fingerprint density at radius 1 is 1.35 bits per heavy atom. The first-order valence-electron chi connectivity index (χ1n) is 5.42. The van der Waals surface area contributed by atoms with E-state index in [1.807, 2.05) is 12.1 Å². The van der Waals surface area contributed by atoms with Gasteiger partial charge in [-0.25, -0.2) is 4.98 Å². The molecule has 2 aromatic rings. The number of carboxylic acid groups (broad SMARTS) is 1. The molecule has 0 aromatic carbocycles. The van der Waals surface area contributed by atoms with Crippen molar-refractivity contribution in [3.8, 4) is 11.3 Å². The van der Waals surface area contributed by atoms with E-state index in [0.29, 0.717) is 18.7 Å². The Balaban J connectivity index is 1.97. The van der Waals surface area contributed by atoms with E-state index in [1.165, 1.54) is 0 Å². The first-order valence-corrected chi connectivity index (χ1v) is 5.42. The summed E-state index contributed by atoms with van der Waals surface area (Å²) in [6.45, 7) is 0. The molecule has 1 aliphatic rings. The number of aliphatic carboxylic acids is 1. The summed E-state index contributed by atoms with van der Waals surface area (Å²) in [6.07, 6.45) is 6.38. The van der Waals surface area contributed by atoms with Crippen LogP contribution >= 0.6 is 0 Å². The van der Waals surface area contributed by atoms with Crippen LogP contribution in [0, 0.1) is 0 Å². The minimum atomic E-state index is -0.798. The van der Waals surface area contributed by atoms with E-state index in [0.717, 1.165) is 11.3 Å². The molecular formula is C12H11N3O2. The van der Waals surface area contributed by atoms with Crippen molar-refractivity contribution < 1.29 is 9.90 Å². The number of hydrogen-bond acceptors (Lipinski definition) is 3. The minimum absolute atomic E-state index is 0.553. The molecule has 86 valence electrons. The van der Waals surface area contributed by atoms with Crippen LogP contribution in [0.3, 0.4) is 0 Å². The van der Waals surface area contributed by atoms with Crippen molar-refractivity contribution in [2.24, 2.45) is 0 Å². The Morgan fingerprint density at radius 2 is 2.06 bits per heavy atom. The van der Waals surface area contributed by atoms with Gasteiger partial charge in [-0.05, 0) is 25.0 Å². The van der Waals surface area contributed by atoms with Crippen molar-refractivity contribution in [2.45, 2.75) is 18.3 Å². The van der Waals surface area contributed by atoms with Crippen molar-refractivity contribution in [1.82, 2.24) is 15.0 Å². The van der Waals surface area contributed by atoms with Gasteiger partial charge < -0.3 is 10.1 Å². The van der Waals surface area contributed by atoms with E-state index in [2.05, 4.69) is 15.0 Å². The monoisotopic (exact) mass is 229 g/mol. The summed E-state index contributed by atoms with van der Waals surface area (Å²) < 4.78 is 0. The lowest BCUT2D eigenvalue weighted by molar-refractivity contribution is -0.140. The molecule has 0 aliphatic heterocycles. The summed E-state index contributed by atoms with van der Waals surface area (Å²) in [4.78, 5) is 22.4. The van der Waals surface area contributed by atoms with Gasteiger partial charge in [0, 0.05) is 18.0 Å². The topological polar surface area (TPSA) is 78.9 Å². The maximum atomic E-state index is 11.2. The van der Waals surface area contributed by atoms with Gasteiger partial charge in [-0.2, -0.15) is 0 Å². The summed E-state index contributed by atoms with van der Waals surface area (Å²) in [6, 6.07) is 3.72. The Bertz CT molecular complexity index is 558. The van der Waals surface area contributed by atoms with E-state index in [-0.39, 0.29) is 0 Å². The molecule has 17 heavy (non-hydrogen) atoms. The number of rotatable bonds is 3. The van der Waals surface area contributed by atoms with Crippen molar-refractivity contribution >= 4 is 5.97 Å². The predicted octanol–water partition coefficient (Wildman–Crippen LogP) is 1.59. The van der Waals surface area contributed by atoms with Gasteiger partial charge in [0.2, 0.25) is 0 Å². The van der Waals surface area contributed by atoms with Crippen LogP contribution in [0.15, 0.2) is 30.7 Å². The zero-order chi connectivity index (χ0) is 11.9. The molecule has 0 spiro atoms. The fourth-order valence-corrected chi connectivity index (χ4v) is 1.92. The molecule has 5 heteroatoms. The van der Waals surface area contributed by atoms with Crippen LogP contribution in [0.25, 0.3) is 11.3 Å². The second kappa shape index (κ2) is 3.41. The average molecular weight is 229 g/mol. The van der Waals surface area contributed by atoms with Gasteiger partial charge in [-0.3, -0.25) is 9.78 Å². The third kappa shape index (κ3) is 1.51.